The van der Waals surface area contributed by atoms with E-state index in [0.717, 1.165) is 19.2 Å². The van der Waals surface area contributed by atoms with Gasteiger partial charge in [-0.2, -0.15) is 13.2 Å². The van der Waals surface area contributed by atoms with Crippen LogP contribution in [0.1, 0.15) is 6.42 Å². The Morgan fingerprint density at radius 3 is 2.25 bits per heavy atom. The van der Waals surface area contributed by atoms with Crippen molar-refractivity contribution in [3.05, 3.63) is 30.3 Å². The lowest BCUT2D eigenvalue weighted by Crippen LogP contribution is -2.39. The minimum atomic E-state index is -4.77. The SMILES string of the molecule is COC(=O)[C@]1(S(=O)(=O)c2ccccc2)C[C@@H]1C(F)(F)F. The van der Waals surface area contributed by atoms with Crippen LogP contribution < -0.4 is 0 Å². The summed E-state index contributed by atoms with van der Waals surface area (Å²) in [5, 5.41) is 0. The minimum absolute atomic E-state index is 0.322. The van der Waals surface area contributed by atoms with E-state index in [1.54, 1.807) is 0 Å². The van der Waals surface area contributed by atoms with Crippen molar-refractivity contribution in [3.63, 3.8) is 0 Å². The van der Waals surface area contributed by atoms with Crippen molar-refractivity contribution >= 4 is 15.8 Å². The molecular formula is C12H11F3O4S. The van der Waals surface area contributed by atoms with Gasteiger partial charge in [-0.1, -0.05) is 18.2 Å². The number of methoxy groups -OCH3 is 1. The zero-order chi connectivity index (χ0) is 15.2. The summed E-state index contributed by atoms with van der Waals surface area (Å²) >= 11 is 0. The molecule has 0 aliphatic heterocycles. The number of halogens is 3. The van der Waals surface area contributed by atoms with Crippen LogP contribution in [0.5, 0.6) is 0 Å². The lowest BCUT2D eigenvalue weighted by molar-refractivity contribution is -0.159. The number of rotatable bonds is 3. The number of sulfone groups is 1. The van der Waals surface area contributed by atoms with E-state index < -0.39 is 39.1 Å². The molecular weight excluding hydrogens is 297 g/mol. The fourth-order valence-corrected chi connectivity index (χ4v) is 4.37. The third-order valence-electron chi connectivity index (χ3n) is 3.37. The van der Waals surface area contributed by atoms with Gasteiger partial charge in [0.15, 0.2) is 14.6 Å². The number of ether oxygens (including phenoxy) is 1. The van der Waals surface area contributed by atoms with Gasteiger partial charge in [-0.15, -0.1) is 0 Å². The van der Waals surface area contributed by atoms with E-state index in [9.17, 15) is 26.4 Å². The first-order valence-corrected chi connectivity index (χ1v) is 7.11. The zero-order valence-electron chi connectivity index (χ0n) is 10.3. The second-order valence-corrected chi connectivity index (χ2v) is 6.70. The Kier molecular flexibility index (Phi) is 3.32. The molecule has 0 radical (unpaired) electrons. The Bertz CT molecular complexity index is 624. The van der Waals surface area contributed by atoms with Crippen molar-refractivity contribution in [1.82, 2.24) is 0 Å². The van der Waals surface area contributed by atoms with Crippen molar-refractivity contribution in [2.24, 2.45) is 5.92 Å². The van der Waals surface area contributed by atoms with Crippen LogP contribution in [-0.4, -0.2) is 32.4 Å². The maximum absolute atomic E-state index is 12.8. The molecule has 0 aromatic heterocycles. The predicted octanol–water partition coefficient (Wildman–Crippen LogP) is 1.95. The zero-order valence-corrected chi connectivity index (χ0v) is 11.2. The van der Waals surface area contributed by atoms with Crippen LogP contribution in [-0.2, 0) is 19.4 Å². The molecule has 1 aromatic rings. The van der Waals surface area contributed by atoms with Crippen LogP contribution >= 0.6 is 0 Å². The molecule has 8 heteroatoms. The Balaban J connectivity index is 2.54. The Morgan fingerprint density at radius 2 is 1.85 bits per heavy atom. The normalized spacial score (nSPS) is 26.1. The predicted molar refractivity (Wildman–Crippen MR) is 62.5 cm³/mol. The van der Waals surface area contributed by atoms with E-state index >= 15 is 0 Å². The molecule has 0 unspecified atom stereocenters. The van der Waals surface area contributed by atoms with Gasteiger partial charge in [-0.25, -0.2) is 8.42 Å². The number of carbonyl (C=O) groups excluding carboxylic acids is 1. The highest BCUT2D eigenvalue weighted by Crippen LogP contribution is 2.60. The average Bonchev–Trinajstić information content (AvgIpc) is 3.16. The van der Waals surface area contributed by atoms with E-state index in [0.29, 0.717) is 0 Å². The summed E-state index contributed by atoms with van der Waals surface area (Å²) in [6.45, 7) is 0. The molecule has 1 fully saturated rings. The van der Waals surface area contributed by atoms with Gasteiger partial charge in [0.25, 0.3) is 0 Å². The largest absolute Gasteiger partial charge is 0.468 e. The molecule has 0 N–H and O–H groups in total. The van der Waals surface area contributed by atoms with Crippen molar-refractivity contribution in [1.29, 1.82) is 0 Å². The van der Waals surface area contributed by atoms with Crippen molar-refractivity contribution in [2.45, 2.75) is 22.2 Å². The monoisotopic (exact) mass is 308 g/mol. The lowest BCUT2D eigenvalue weighted by atomic mass is 10.3. The van der Waals surface area contributed by atoms with Gasteiger partial charge >= 0.3 is 12.1 Å². The van der Waals surface area contributed by atoms with Gasteiger partial charge in [-0.3, -0.25) is 4.79 Å². The van der Waals surface area contributed by atoms with Gasteiger partial charge in [0.2, 0.25) is 0 Å². The summed E-state index contributed by atoms with van der Waals surface area (Å²) in [4.78, 5) is 11.3. The summed E-state index contributed by atoms with van der Waals surface area (Å²) in [6, 6.07) is 6.60. The molecule has 1 aliphatic carbocycles. The molecule has 4 nitrogen and oxygen atoms in total. The second-order valence-electron chi connectivity index (χ2n) is 4.50. The van der Waals surface area contributed by atoms with E-state index in [1.165, 1.54) is 18.2 Å². The number of esters is 1. The van der Waals surface area contributed by atoms with Crippen LogP contribution in [0.2, 0.25) is 0 Å². The van der Waals surface area contributed by atoms with E-state index in [1.807, 2.05) is 0 Å². The van der Waals surface area contributed by atoms with E-state index in [2.05, 4.69) is 4.74 Å². The molecule has 0 amide bonds. The highest BCUT2D eigenvalue weighted by Gasteiger charge is 2.78. The average molecular weight is 308 g/mol. The standard InChI is InChI=1S/C12H11F3O4S/c1-19-10(16)11(7-9(11)12(13,14)15)20(17,18)8-5-3-2-4-6-8/h2-6,9H,7H2,1H3/t9-,11-/m0/s1. The van der Waals surface area contributed by atoms with E-state index in [4.69, 9.17) is 0 Å². The van der Waals surface area contributed by atoms with Gasteiger partial charge in [0.05, 0.1) is 17.9 Å². The smallest absolute Gasteiger partial charge is 0.394 e. The topological polar surface area (TPSA) is 60.4 Å². The number of alkyl halides is 3. The molecule has 2 atom stereocenters. The minimum Gasteiger partial charge on any atom is -0.468 e. The highest BCUT2D eigenvalue weighted by atomic mass is 32.2. The van der Waals surface area contributed by atoms with Crippen molar-refractivity contribution in [3.8, 4) is 0 Å². The summed E-state index contributed by atoms with van der Waals surface area (Å²) in [5.74, 6) is -3.60. The second kappa shape index (κ2) is 4.47. The fraction of sp³-hybridized carbons (Fsp3) is 0.417. The highest BCUT2D eigenvalue weighted by molar-refractivity contribution is 7.94. The molecule has 1 saturated carbocycles. The molecule has 2 rings (SSSR count). The van der Waals surface area contributed by atoms with Crippen LogP contribution in [0, 0.1) is 5.92 Å². The number of benzene rings is 1. The fourth-order valence-electron chi connectivity index (χ4n) is 2.24. The van der Waals surface area contributed by atoms with Gasteiger partial charge in [0, 0.05) is 0 Å². The molecule has 0 saturated heterocycles. The van der Waals surface area contributed by atoms with E-state index in [-0.39, 0.29) is 4.90 Å². The van der Waals surface area contributed by atoms with Gasteiger partial charge < -0.3 is 4.74 Å². The molecule has 110 valence electrons. The van der Waals surface area contributed by atoms with Gasteiger partial charge in [-0.05, 0) is 18.6 Å². The summed E-state index contributed by atoms with van der Waals surface area (Å²) in [6.07, 6.45) is -5.57. The molecule has 20 heavy (non-hydrogen) atoms. The summed E-state index contributed by atoms with van der Waals surface area (Å²) in [7, 11) is -3.59. The summed E-state index contributed by atoms with van der Waals surface area (Å²) < 4.78 is 64.9. The van der Waals surface area contributed by atoms with Crippen LogP contribution in [0.15, 0.2) is 35.2 Å². The molecule has 1 aromatic carbocycles. The third kappa shape index (κ3) is 1.98. The molecule has 0 bridgehead atoms. The number of hydrogen-bond acceptors (Lipinski definition) is 4. The Morgan fingerprint density at radius 1 is 1.30 bits per heavy atom. The molecule has 0 spiro atoms. The first-order chi connectivity index (χ1) is 9.18. The van der Waals surface area contributed by atoms with Crippen LogP contribution in [0.25, 0.3) is 0 Å². The first kappa shape index (κ1) is 14.8. The van der Waals surface area contributed by atoms with Gasteiger partial charge in [0.1, 0.15) is 0 Å². The Hall–Kier alpha value is -1.57. The molecule has 1 aliphatic rings. The third-order valence-corrected chi connectivity index (χ3v) is 5.84. The van der Waals surface area contributed by atoms with Crippen molar-refractivity contribution in [2.75, 3.05) is 7.11 Å². The Labute approximate surface area is 113 Å². The maximum Gasteiger partial charge on any atom is 0.394 e. The lowest BCUT2D eigenvalue weighted by Gasteiger charge is -2.17. The molecule has 0 heterocycles. The quantitative estimate of drug-likeness (QED) is 0.801. The number of carbonyl (C=O) groups is 1. The maximum atomic E-state index is 12.8. The van der Waals surface area contributed by atoms with Crippen LogP contribution in [0.3, 0.4) is 0 Å². The number of hydrogen-bond donors (Lipinski definition) is 0. The summed E-state index contributed by atoms with van der Waals surface area (Å²) in [5.41, 5.74) is 0. The first-order valence-electron chi connectivity index (χ1n) is 5.62. The van der Waals surface area contributed by atoms with Crippen LogP contribution in [0.4, 0.5) is 13.2 Å². The van der Waals surface area contributed by atoms with Crippen molar-refractivity contribution < 1.29 is 31.1 Å².